The van der Waals surface area contributed by atoms with Crippen molar-refractivity contribution in [1.82, 2.24) is 5.32 Å². The molecule has 2 atom stereocenters. The number of aliphatic hydroxyl groups excluding tert-OH is 1. The smallest absolute Gasteiger partial charge is 0.125 e. The molecule has 1 heterocycles. The van der Waals surface area contributed by atoms with Crippen LogP contribution in [0.5, 0.6) is 11.5 Å². The highest BCUT2D eigenvalue weighted by Gasteiger charge is 2.24. The summed E-state index contributed by atoms with van der Waals surface area (Å²) in [6.07, 6.45) is 0.495. The van der Waals surface area contributed by atoms with Crippen molar-refractivity contribution in [1.29, 1.82) is 0 Å². The highest BCUT2D eigenvalue weighted by Crippen LogP contribution is 2.37. The average Bonchev–Trinajstić information content (AvgIpc) is 2.73. The number of hydrogen-bond acceptors (Lipinski definition) is 4. The summed E-state index contributed by atoms with van der Waals surface area (Å²) in [6, 6.07) is 4.23. The van der Waals surface area contributed by atoms with Gasteiger partial charge >= 0.3 is 0 Å². The summed E-state index contributed by atoms with van der Waals surface area (Å²) in [7, 11) is 1.63. The van der Waals surface area contributed by atoms with Crippen molar-refractivity contribution in [2.45, 2.75) is 45.4 Å². The molecular weight excluding hydrogens is 242 g/mol. The summed E-state index contributed by atoms with van der Waals surface area (Å²) in [4.78, 5) is 0. The van der Waals surface area contributed by atoms with Gasteiger partial charge in [0.1, 0.15) is 17.6 Å². The third kappa shape index (κ3) is 3.19. The van der Waals surface area contributed by atoms with Crippen LogP contribution >= 0.6 is 0 Å². The zero-order chi connectivity index (χ0) is 14.0. The molecule has 0 saturated carbocycles. The molecule has 0 aliphatic carbocycles. The molecule has 0 saturated heterocycles. The third-order valence-electron chi connectivity index (χ3n) is 3.33. The van der Waals surface area contributed by atoms with E-state index in [-0.39, 0.29) is 6.10 Å². The van der Waals surface area contributed by atoms with Gasteiger partial charge in [-0.2, -0.15) is 0 Å². The molecule has 0 spiro atoms. The molecule has 0 aromatic heterocycles. The first-order chi connectivity index (χ1) is 9.01. The number of benzene rings is 1. The molecule has 1 aromatic rings. The van der Waals surface area contributed by atoms with Gasteiger partial charge in [0.15, 0.2) is 0 Å². The summed E-state index contributed by atoms with van der Waals surface area (Å²) in [5.41, 5.74) is 1.93. The topological polar surface area (TPSA) is 50.7 Å². The minimum absolute atomic E-state index is 0.195. The molecule has 1 aliphatic rings. The molecule has 1 aromatic carbocycles. The number of ether oxygens (including phenoxy) is 2. The van der Waals surface area contributed by atoms with E-state index in [4.69, 9.17) is 9.47 Å². The van der Waals surface area contributed by atoms with E-state index in [1.807, 2.05) is 19.1 Å². The van der Waals surface area contributed by atoms with Crippen LogP contribution < -0.4 is 14.8 Å². The lowest BCUT2D eigenvalue weighted by Gasteiger charge is -2.18. The minimum Gasteiger partial charge on any atom is -0.496 e. The van der Waals surface area contributed by atoms with Crippen molar-refractivity contribution in [3.05, 3.63) is 23.3 Å². The van der Waals surface area contributed by atoms with Gasteiger partial charge in [-0.15, -0.1) is 0 Å². The van der Waals surface area contributed by atoms with E-state index in [1.165, 1.54) is 0 Å². The monoisotopic (exact) mass is 265 g/mol. The first-order valence-corrected chi connectivity index (χ1v) is 6.80. The van der Waals surface area contributed by atoms with Crippen molar-refractivity contribution in [2.75, 3.05) is 13.7 Å². The zero-order valence-corrected chi connectivity index (χ0v) is 12.1. The number of rotatable bonds is 5. The van der Waals surface area contributed by atoms with Gasteiger partial charge in [0.25, 0.3) is 0 Å². The molecule has 19 heavy (non-hydrogen) atoms. The van der Waals surface area contributed by atoms with Crippen molar-refractivity contribution in [3.63, 3.8) is 0 Å². The fourth-order valence-electron chi connectivity index (χ4n) is 2.35. The Hall–Kier alpha value is -1.26. The molecule has 2 unspecified atom stereocenters. The highest BCUT2D eigenvalue weighted by atomic mass is 16.5. The molecule has 4 heteroatoms. The Bertz CT molecular complexity index is 445. The van der Waals surface area contributed by atoms with Crippen molar-refractivity contribution < 1.29 is 14.6 Å². The summed E-state index contributed by atoms with van der Waals surface area (Å²) >= 11 is 0. The first-order valence-electron chi connectivity index (χ1n) is 6.80. The van der Waals surface area contributed by atoms with Crippen LogP contribution in [0.2, 0.25) is 0 Å². The Morgan fingerprint density at radius 3 is 2.84 bits per heavy atom. The lowest BCUT2D eigenvalue weighted by molar-refractivity contribution is 0.166. The van der Waals surface area contributed by atoms with Crippen LogP contribution in [0, 0.1) is 0 Å². The molecule has 2 N–H and O–H groups in total. The van der Waals surface area contributed by atoms with E-state index in [0.29, 0.717) is 12.6 Å². The third-order valence-corrected chi connectivity index (χ3v) is 3.33. The van der Waals surface area contributed by atoms with Gasteiger partial charge in [-0.05, 0) is 19.1 Å². The second kappa shape index (κ2) is 5.80. The molecular formula is C15H23NO3. The highest BCUT2D eigenvalue weighted by molar-refractivity contribution is 5.49. The van der Waals surface area contributed by atoms with Gasteiger partial charge in [0.2, 0.25) is 0 Å². The van der Waals surface area contributed by atoms with Crippen LogP contribution in [-0.4, -0.2) is 30.9 Å². The van der Waals surface area contributed by atoms with E-state index in [9.17, 15) is 5.11 Å². The van der Waals surface area contributed by atoms with Crippen LogP contribution in [0.15, 0.2) is 12.1 Å². The van der Waals surface area contributed by atoms with E-state index < -0.39 is 6.10 Å². The van der Waals surface area contributed by atoms with Crippen molar-refractivity contribution >= 4 is 0 Å². The quantitative estimate of drug-likeness (QED) is 0.855. The number of hydrogen-bond donors (Lipinski definition) is 2. The van der Waals surface area contributed by atoms with Gasteiger partial charge in [0.05, 0.1) is 13.2 Å². The van der Waals surface area contributed by atoms with E-state index in [2.05, 4.69) is 19.2 Å². The van der Waals surface area contributed by atoms with E-state index in [1.54, 1.807) is 7.11 Å². The predicted octanol–water partition coefficient (Wildman–Crippen LogP) is 2.05. The van der Waals surface area contributed by atoms with E-state index in [0.717, 1.165) is 29.0 Å². The Morgan fingerprint density at radius 1 is 1.47 bits per heavy atom. The molecule has 0 fully saturated rings. The Kier molecular flexibility index (Phi) is 4.32. The standard InChI is InChI=1S/C15H23NO3/c1-9(2)16-8-13(17)12-7-14-11(5-10(3)19-14)6-15(12)18-4/h6-7,9-10,13,16-17H,5,8H2,1-4H3. The van der Waals surface area contributed by atoms with Gasteiger partial charge in [-0.1, -0.05) is 13.8 Å². The van der Waals surface area contributed by atoms with Crippen LogP contribution in [0.25, 0.3) is 0 Å². The molecule has 2 rings (SSSR count). The summed E-state index contributed by atoms with van der Waals surface area (Å²) in [5.74, 6) is 1.60. The van der Waals surface area contributed by atoms with Gasteiger partial charge < -0.3 is 19.9 Å². The lowest BCUT2D eigenvalue weighted by Crippen LogP contribution is -2.28. The van der Waals surface area contributed by atoms with Crippen LogP contribution in [0.4, 0.5) is 0 Å². The largest absolute Gasteiger partial charge is 0.496 e. The molecule has 4 nitrogen and oxygen atoms in total. The Balaban J connectivity index is 2.22. The van der Waals surface area contributed by atoms with Crippen LogP contribution in [0.3, 0.4) is 0 Å². The summed E-state index contributed by atoms with van der Waals surface area (Å²) in [5, 5.41) is 13.5. The molecule has 0 radical (unpaired) electrons. The number of methoxy groups -OCH3 is 1. The molecule has 1 aliphatic heterocycles. The number of fused-ring (bicyclic) bond motifs is 1. The second-order valence-corrected chi connectivity index (χ2v) is 5.41. The zero-order valence-electron chi connectivity index (χ0n) is 12.1. The van der Waals surface area contributed by atoms with Crippen molar-refractivity contribution in [3.8, 4) is 11.5 Å². The van der Waals surface area contributed by atoms with Crippen LogP contribution in [-0.2, 0) is 6.42 Å². The van der Waals surface area contributed by atoms with Crippen molar-refractivity contribution in [2.24, 2.45) is 0 Å². The first kappa shape index (κ1) is 14.2. The normalized spacial score (nSPS) is 19.2. The Morgan fingerprint density at radius 2 is 2.21 bits per heavy atom. The summed E-state index contributed by atoms with van der Waals surface area (Å²) in [6.45, 7) is 6.65. The number of aliphatic hydroxyl groups is 1. The SMILES string of the molecule is COc1cc2c(cc1C(O)CNC(C)C)OC(C)C2. The maximum Gasteiger partial charge on any atom is 0.125 e. The predicted molar refractivity (Wildman–Crippen MR) is 74.9 cm³/mol. The van der Waals surface area contributed by atoms with Gasteiger partial charge in [-0.3, -0.25) is 0 Å². The fraction of sp³-hybridized carbons (Fsp3) is 0.600. The van der Waals surface area contributed by atoms with Gasteiger partial charge in [-0.25, -0.2) is 0 Å². The van der Waals surface area contributed by atoms with E-state index >= 15 is 0 Å². The Labute approximate surface area is 114 Å². The fourth-order valence-corrected chi connectivity index (χ4v) is 2.35. The van der Waals surface area contributed by atoms with Crippen LogP contribution in [0.1, 0.15) is 38.0 Å². The minimum atomic E-state index is -0.595. The maximum atomic E-state index is 10.3. The summed E-state index contributed by atoms with van der Waals surface area (Å²) < 4.78 is 11.1. The molecule has 0 bridgehead atoms. The lowest BCUT2D eigenvalue weighted by atomic mass is 10.0. The van der Waals surface area contributed by atoms with Gasteiger partial charge in [0, 0.05) is 30.1 Å². The molecule has 0 amide bonds. The number of nitrogens with one attached hydrogen (secondary N) is 1. The molecule has 106 valence electrons. The maximum absolute atomic E-state index is 10.3. The average molecular weight is 265 g/mol. The second-order valence-electron chi connectivity index (χ2n) is 5.41.